The molecule has 0 atom stereocenters. The molecule has 172 valence electrons. The zero-order valence-electron chi connectivity index (χ0n) is 19.9. The molecule has 0 aliphatic heterocycles. The highest BCUT2D eigenvalue weighted by atomic mass is 16.2. The van der Waals surface area contributed by atoms with Gasteiger partial charge in [0.15, 0.2) is 0 Å². The number of amides is 2. The highest BCUT2D eigenvalue weighted by Crippen LogP contribution is 2.61. The summed E-state index contributed by atoms with van der Waals surface area (Å²) in [4.78, 5) is 19.6. The number of carbonyl (C=O) groups excluding carboxylic acids is 1. The standard InChI is InChI=1S/C27H43N3O/c1-3-4-5-12-30(26(31)29-10-6-7-25-14-21(2)8-11-28-25)13-9-27-18-22-15-23(19-27)17-24(16-22)20-27/h8,11,14,22-24H,3-7,9-10,12-13,15-20H2,1-2H3,(H,29,31). The summed E-state index contributed by atoms with van der Waals surface area (Å²) in [5.74, 6) is 2.97. The number of hydrogen-bond acceptors (Lipinski definition) is 2. The molecule has 31 heavy (non-hydrogen) atoms. The maximum absolute atomic E-state index is 13.0. The molecule has 4 heteroatoms. The largest absolute Gasteiger partial charge is 0.338 e. The third kappa shape index (κ3) is 6.02. The van der Waals surface area contributed by atoms with Crippen molar-refractivity contribution in [3.63, 3.8) is 0 Å². The summed E-state index contributed by atoms with van der Waals surface area (Å²) in [5.41, 5.74) is 2.92. The summed E-state index contributed by atoms with van der Waals surface area (Å²) >= 11 is 0. The molecule has 0 radical (unpaired) electrons. The van der Waals surface area contributed by atoms with Gasteiger partial charge in [-0.3, -0.25) is 4.98 Å². The van der Waals surface area contributed by atoms with Gasteiger partial charge in [0.05, 0.1) is 0 Å². The van der Waals surface area contributed by atoms with Crippen molar-refractivity contribution in [1.82, 2.24) is 15.2 Å². The van der Waals surface area contributed by atoms with Gasteiger partial charge in [0.1, 0.15) is 0 Å². The van der Waals surface area contributed by atoms with Crippen molar-refractivity contribution in [1.29, 1.82) is 0 Å². The molecule has 4 fully saturated rings. The van der Waals surface area contributed by atoms with E-state index in [4.69, 9.17) is 0 Å². The molecule has 4 saturated carbocycles. The Morgan fingerprint density at radius 2 is 1.81 bits per heavy atom. The molecule has 2 amide bonds. The fourth-order valence-electron chi connectivity index (χ4n) is 7.15. The van der Waals surface area contributed by atoms with Crippen LogP contribution in [0.1, 0.15) is 88.8 Å². The van der Waals surface area contributed by atoms with E-state index in [1.165, 1.54) is 63.4 Å². The van der Waals surface area contributed by atoms with E-state index < -0.39 is 0 Å². The first kappa shape index (κ1) is 22.6. The Labute approximate surface area is 189 Å². The molecule has 0 aromatic carbocycles. The van der Waals surface area contributed by atoms with E-state index in [0.29, 0.717) is 5.41 Å². The van der Waals surface area contributed by atoms with E-state index >= 15 is 0 Å². The maximum atomic E-state index is 13.0. The van der Waals surface area contributed by atoms with Crippen LogP contribution in [0.5, 0.6) is 0 Å². The van der Waals surface area contributed by atoms with E-state index in [1.54, 1.807) is 0 Å². The molecule has 4 bridgehead atoms. The lowest BCUT2D eigenvalue weighted by Gasteiger charge is -2.57. The first-order valence-corrected chi connectivity index (χ1v) is 13.0. The van der Waals surface area contributed by atoms with Gasteiger partial charge in [-0.05, 0) is 112 Å². The van der Waals surface area contributed by atoms with Crippen molar-refractivity contribution in [3.8, 4) is 0 Å². The first-order chi connectivity index (χ1) is 15.0. The average Bonchev–Trinajstić information content (AvgIpc) is 2.72. The summed E-state index contributed by atoms with van der Waals surface area (Å²) < 4.78 is 0. The summed E-state index contributed by atoms with van der Waals surface area (Å²) in [6.45, 7) is 6.92. The minimum Gasteiger partial charge on any atom is -0.338 e. The van der Waals surface area contributed by atoms with Crippen LogP contribution >= 0.6 is 0 Å². The van der Waals surface area contributed by atoms with Crippen molar-refractivity contribution in [2.24, 2.45) is 23.2 Å². The average molecular weight is 426 g/mol. The van der Waals surface area contributed by atoms with Crippen LogP contribution in [0, 0.1) is 30.1 Å². The van der Waals surface area contributed by atoms with Crippen LogP contribution in [0.2, 0.25) is 0 Å². The lowest BCUT2D eigenvalue weighted by atomic mass is 9.49. The highest BCUT2D eigenvalue weighted by Gasteiger charge is 2.50. The Balaban J connectivity index is 1.26. The number of rotatable bonds is 11. The minimum absolute atomic E-state index is 0.151. The third-order valence-electron chi connectivity index (χ3n) is 8.25. The highest BCUT2D eigenvalue weighted by molar-refractivity contribution is 5.74. The van der Waals surface area contributed by atoms with Gasteiger partial charge in [-0.15, -0.1) is 0 Å². The molecular formula is C27H43N3O. The lowest BCUT2D eigenvalue weighted by molar-refractivity contribution is -0.0596. The molecular weight excluding hydrogens is 382 g/mol. The van der Waals surface area contributed by atoms with Crippen LogP contribution < -0.4 is 5.32 Å². The van der Waals surface area contributed by atoms with Crippen LogP contribution in [0.4, 0.5) is 4.79 Å². The van der Waals surface area contributed by atoms with E-state index in [1.807, 2.05) is 12.3 Å². The predicted molar refractivity (Wildman–Crippen MR) is 127 cm³/mol. The molecule has 5 rings (SSSR count). The summed E-state index contributed by atoms with van der Waals surface area (Å²) in [6, 6.07) is 4.33. The second-order valence-corrected chi connectivity index (χ2v) is 11.0. The Kier molecular flexibility index (Phi) is 7.55. The molecule has 4 aliphatic rings. The monoisotopic (exact) mass is 425 g/mol. The van der Waals surface area contributed by atoms with Crippen molar-refractivity contribution in [2.75, 3.05) is 19.6 Å². The Bertz CT molecular complexity index is 696. The van der Waals surface area contributed by atoms with Gasteiger partial charge < -0.3 is 10.2 Å². The van der Waals surface area contributed by atoms with Gasteiger partial charge in [-0.1, -0.05) is 19.8 Å². The molecule has 0 saturated heterocycles. The van der Waals surface area contributed by atoms with Crippen LogP contribution in [0.15, 0.2) is 18.3 Å². The minimum atomic E-state index is 0.151. The normalized spacial score (nSPS) is 28.6. The molecule has 1 aromatic heterocycles. The number of aromatic nitrogens is 1. The van der Waals surface area contributed by atoms with Crippen LogP contribution in [-0.4, -0.2) is 35.5 Å². The fourth-order valence-corrected chi connectivity index (χ4v) is 7.15. The van der Waals surface area contributed by atoms with Gasteiger partial charge >= 0.3 is 6.03 Å². The summed E-state index contributed by atoms with van der Waals surface area (Å²) in [6.07, 6.45) is 17.3. The van der Waals surface area contributed by atoms with Crippen LogP contribution in [0.3, 0.4) is 0 Å². The number of aryl methyl sites for hydroxylation is 2. The van der Waals surface area contributed by atoms with Crippen molar-refractivity contribution in [3.05, 3.63) is 29.6 Å². The molecule has 1 aromatic rings. The van der Waals surface area contributed by atoms with Gasteiger partial charge in [-0.25, -0.2) is 4.79 Å². The van der Waals surface area contributed by atoms with Gasteiger partial charge in [-0.2, -0.15) is 0 Å². The quantitative estimate of drug-likeness (QED) is 0.433. The summed E-state index contributed by atoms with van der Waals surface area (Å²) in [5, 5.41) is 3.21. The van der Waals surface area contributed by atoms with E-state index in [9.17, 15) is 4.79 Å². The second kappa shape index (κ2) is 10.4. The first-order valence-electron chi connectivity index (χ1n) is 13.0. The second-order valence-electron chi connectivity index (χ2n) is 11.0. The number of urea groups is 1. The zero-order valence-corrected chi connectivity index (χ0v) is 19.9. The third-order valence-corrected chi connectivity index (χ3v) is 8.25. The molecule has 0 spiro atoms. The van der Waals surface area contributed by atoms with Crippen LogP contribution in [-0.2, 0) is 6.42 Å². The molecule has 1 N–H and O–H groups in total. The Morgan fingerprint density at radius 3 is 2.45 bits per heavy atom. The zero-order chi connectivity index (χ0) is 21.7. The van der Waals surface area contributed by atoms with Gasteiger partial charge in [0.2, 0.25) is 0 Å². The number of hydrogen-bond donors (Lipinski definition) is 1. The number of unbranched alkanes of at least 4 members (excludes halogenated alkanes) is 2. The summed E-state index contributed by atoms with van der Waals surface area (Å²) in [7, 11) is 0. The van der Waals surface area contributed by atoms with Crippen molar-refractivity contribution < 1.29 is 4.79 Å². The Hall–Kier alpha value is -1.58. The number of pyridine rings is 1. The smallest absolute Gasteiger partial charge is 0.317 e. The Morgan fingerprint density at radius 1 is 1.10 bits per heavy atom. The fraction of sp³-hybridized carbons (Fsp3) is 0.778. The predicted octanol–water partition coefficient (Wildman–Crippen LogP) is 6.13. The lowest BCUT2D eigenvalue weighted by Crippen LogP contribution is -2.48. The van der Waals surface area contributed by atoms with Gasteiger partial charge in [0, 0.05) is 31.5 Å². The van der Waals surface area contributed by atoms with E-state index in [2.05, 4.69) is 35.1 Å². The van der Waals surface area contributed by atoms with Crippen LogP contribution in [0.25, 0.3) is 0 Å². The number of nitrogens with zero attached hydrogens (tertiary/aromatic N) is 2. The number of nitrogens with one attached hydrogen (secondary N) is 1. The van der Waals surface area contributed by atoms with E-state index in [0.717, 1.165) is 62.3 Å². The topological polar surface area (TPSA) is 45.2 Å². The molecule has 0 unspecified atom stereocenters. The van der Waals surface area contributed by atoms with Crippen molar-refractivity contribution in [2.45, 2.75) is 90.9 Å². The SMILES string of the molecule is CCCCCN(CCC12CC3CC(CC(C3)C1)C2)C(=O)NCCCc1cc(C)ccn1. The maximum Gasteiger partial charge on any atom is 0.317 e. The van der Waals surface area contributed by atoms with Crippen molar-refractivity contribution >= 4 is 6.03 Å². The molecule has 4 nitrogen and oxygen atoms in total. The number of carbonyl (C=O) groups is 1. The molecule has 1 heterocycles. The molecule has 4 aliphatic carbocycles. The van der Waals surface area contributed by atoms with E-state index in [-0.39, 0.29) is 6.03 Å². The van der Waals surface area contributed by atoms with Gasteiger partial charge in [0.25, 0.3) is 0 Å².